The number of hydrogen-bond donors (Lipinski definition) is 1. The molecule has 0 saturated carbocycles. The van der Waals surface area contributed by atoms with Crippen molar-refractivity contribution in [3.05, 3.63) is 53.8 Å². The van der Waals surface area contributed by atoms with E-state index in [4.69, 9.17) is 4.74 Å². The second-order valence-corrected chi connectivity index (χ2v) is 8.99. The van der Waals surface area contributed by atoms with Gasteiger partial charge in [-0.15, -0.1) is 0 Å². The molecule has 0 radical (unpaired) electrons. The van der Waals surface area contributed by atoms with Crippen LogP contribution in [0.1, 0.15) is 25.3 Å². The summed E-state index contributed by atoms with van der Waals surface area (Å²) < 4.78 is 46.1. The number of sulfonamides is 1. The van der Waals surface area contributed by atoms with E-state index in [2.05, 4.69) is 5.32 Å². The molecule has 0 bridgehead atoms. The number of carbonyl (C=O) groups excluding carboxylic acids is 1. The monoisotopic (exact) mass is 420 g/mol. The van der Waals surface area contributed by atoms with Crippen LogP contribution in [0.5, 0.6) is 5.75 Å². The second-order valence-electron chi connectivity index (χ2n) is 7.06. The third-order valence-corrected chi connectivity index (χ3v) is 6.86. The maximum Gasteiger partial charge on any atom is 0.243 e. The average molecular weight is 421 g/mol. The van der Waals surface area contributed by atoms with Gasteiger partial charge in [0.05, 0.1) is 17.4 Å². The van der Waals surface area contributed by atoms with Crippen LogP contribution in [0.2, 0.25) is 0 Å². The lowest BCUT2D eigenvalue weighted by Gasteiger charge is -2.31. The first-order valence-corrected chi connectivity index (χ1v) is 11.1. The Morgan fingerprint density at radius 2 is 1.97 bits per heavy atom. The zero-order chi connectivity index (χ0) is 21.0. The number of nitrogens with one attached hydrogen (secondary N) is 1. The van der Waals surface area contributed by atoms with Gasteiger partial charge in [0.25, 0.3) is 0 Å². The summed E-state index contributed by atoms with van der Waals surface area (Å²) in [5, 5.41) is 2.74. The third-order valence-electron chi connectivity index (χ3n) is 4.98. The quantitative estimate of drug-likeness (QED) is 0.775. The van der Waals surface area contributed by atoms with Crippen molar-refractivity contribution in [1.29, 1.82) is 0 Å². The number of benzene rings is 2. The molecule has 1 saturated heterocycles. The lowest BCUT2D eigenvalue weighted by Crippen LogP contribution is -2.43. The fraction of sp³-hybridized carbons (Fsp3) is 0.381. The highest BCUT2D eigenvalue weighted by molar-refractivity contribution is 7.89. The van der Waals surface area contributed by atoms with Gasteiger partial charge in [0.2, 0.25) is 15.9 Å². The van der Waals surface area contributed by atoms with E-state index in [0.29, 0.717) is 37.4 Å². The Bertz CT molecular complexity index is 977. The van der Waals surface area contributed by atoms with Crippen LogP contribution in [0.15, 0.2) is 47.4 Å². The van der Waals surface area contributed by atoms with Gasteiger partial charge in [0, 0.05) is 18.8 Å². The van der Waals surface area contributed by atoms with Crippen molar-refractivity contribution in [3.8, 4) is 5.75 Å². The van der Waals surface area contributed by atoms with Crippen LogP contribution in [0.25, 0.3) is 0 Å². The van der Waals surface area contributed by atoms with Gasteiger partial charge in [0.15, 0.2) is 0 Å². The van der Waals surface area contributed by atoms with E-state index in [-0.39, 0.29) is 17.3 Å². The van der Waals surface area contributed by atoms with Crippen LogP contribution in [0.3, 0.4) is 0 Å². The molecule has 1 aliphatic rings. The summed E-state index contributed by atoms with van der Waals surface area (Å²) in [5.74, 6) is -0.628. The molecule has 3 rings (SSSR count). The predicted octanol–water partition coefficient (Wildman–Crippen LogP) is 3.57. The topological polar surface area (TPSA) is 75.7 Å². The van der Waals surface area contributed by atoms with Crippen molar-refractivity contribution in [2.24, 2.45) is 5.92 Å². The molecule has 2 aromatic rings. The Morgan fingerprint density at radius 3 is 2.66 bits per heavy atom. The minimum absolute atomic E-state index is 0.0930. The first-order valence-electron chi connectivity index (χ1n) is 9.61. The minimum atomic E-state index is -3.71. The fourth-order valence-corrected chi connectivity index (χ4v) is 4.89. The van der Waals surface area contributed by atoms with Gasteiger partial charge in [0.1, 0.15) is 11.6 Å². The second kappa shape index (κ2) is 8.92. The zero-order valence-corrected chi connectivity index (χ0v) is 17.3. The van der Waals surface area contributed by atoms with E-state index < -0.39 is 21.8 Å². The van der Waals surface area contributed by atoms with Crippen LogP contribution in [0, 0.1) is 18.7 Å². The number of carbonyl (C=O) groups is 1. The summed E-state index contributed by atoms with van der Waals surface area (Å²) in [7, 11) is -3.71. The number of ether oxygens (including phenoxy) is 1. The number of amides is 1. The summed E-state index contributed by atoms with van der Waals surface area (Å²) in [6, 6.07) is 10.5. The Hall–Kier alpha value is -2.45. The summed E-state index contributed by atoms with van der Waals surface area (Å²) >= 11 is 0. The number of halogens is 1. The van der Waals surface area contributed by atoms with Gasteiger partial charge in [-0.25, -0.2) is 12.8 Å². The highest BCUT2D eigenvalue weighted by Gasteiger charge is 2.33. The molecule has 29 heavy (non-hydrogen) atoms. The number of hydrogen-bond acceptors (Lipinski definition) is 4. The molecular weight excluding hydrogens is 395 g/mol. The molecule has 1 atom stereocenters. The van der Waals surface area contributed by atoms with Gasteiger partial charge < -0.3 is 10.1 Å². The highest BCUT2D eigenvalue weighted by atomic mass is 32.2. The maximum atomic E-state index is 13.5. The van der Waals surface area contributed by atoms with Crippen LogP contribution < -0.4 is 10.1 Å². The van der Waals surface area contributed by atoms with Crippen molar-refractivity contribution in [2.75, 3.05) is 25.0 Å². The van der Waals surface area contributed by atoms with Crippen molar-refractivity contribution in [2.45, 2.75) is 31.6 Å². The Morgan fingerprint density at radius 1 is 1.24 bits per heavy atom. The van der Waals surface area contributed by atoms with Crippen molar-refractivity contribution >= 4 is 21.6 Å². The number of piperidine rings is 1. The fourth-order valence-electron chi connectivity index (χ4n) is 3.36. The molecule has 0 aliphatic carbocycles. The first kappa shape index (κ1) is 21.3. The molecule has 0 spiro atoms. The standard InChI is InChI=1S/C21H25FN2O4S/c1-3-28-18-8-10-19(11-9-18)29(26,27)24-12-4-5-16(14-24)21(25)23-20-13-17(22)7-6-15(20)2/h6-11,13,16H,3-5,12,14H2,1-2H3,(H,23,25). The molecule has 1 amide bonds. The lowest BCUT2D eigenvalue weighted by atomic mass is 9.98. The third kappa shape index (κ3) is 4.94. The molecule has 1 N–H and O–H groups in total. The molecule has 1 fully saturated rings. The maximum absolute atomic E-state index is 13.5. The van der Waals surface area contributed by atoms with Gasteiger partial charge in [-0.1, -0.05) is 6.07 Å². The predicted molar refractivity (Wildman–Crippen MR) is 109 cm³/mol. The molecule has 8 heteroatoms. The molecule has 1 aliphatic heterocycles. The van der Waals surface area contributed by atoms with E-state index >= 15 is 0 Å². The average Bonchev–Trinajstić information content (AvgIpc) is 2.71. The number of anilines is 1. The van der Waals surface area contributed by atoms with Crippen molar-refractivity contribution < 1.29 is 22.3 Å². The molecule has 0 aromatic heterocycles. The summed E-state index contributed by atoms with van der Waals surface area (Å²) in [6.07, 6.45) is 1.16. The lowest BCUT2D eigenvalue weighted by molar-refractivity contribution is -0.120. The number of rotatable bonds is 6. The van der Waals surface area contributed by atoms with E-state index in [9.17, 15) is 17.6 Å². The summed E-state index contributed by atoms with van der Waals surface area (Å²) in [4.78, 5) is 12.9. The SMILES string of the molecule is CCOc1ccc(S(=O)(=O)N2CCCC(C(=O)Nc3cc(F)ccc3C)C2)cc1. The van der Waals surface area contributed by atoms with Gasteiger partial charge >= 0.3 is 0 Å². The van der Waals surface area contributed by atoms with Crippen LogP contribution in [-0.2, 0) is 14.8 Å². The van der Waals surface area contributed by atoms with E-state index in [1.54, 1.807) is 25.1 Å². The number of nitrogens with zero attached hydrogens (tertiary/aromatic N) is 1. The van der Waals surface area contributed by atoms with E-state index in [0.717, 1.165) is 5.56 Å². The molecule has 2 aromatic carbocycles. The Balaban J connectivity index is 1.72. The molecular formula is C21H25FN2O4S. The van der Waals surface area contributed by atoms with E-state index in [1.165, 1.54) is 28.6 Å². The molecule has 1 heterocycles. The van der Waals surface area contributed by atoms with Gasteiger partial charge in [-0.3, -0.25) is 4.79 Å². The smallest absolute Gasteiger partial charge is 0.243 e. The molecule has 156 valence electrons. The summed E-state index contributed by atoms with van der Waals surface area (Å²) in [5.41, 5.74) is 1.15. The number of aryl methyl sites for hydroxylation is 1. The van der Waals surface area contributed by atoms with Crippen molar-refractivity contribution in [3.63, 3.8) is 0 Å². The van der Waals surface area contributed by atoms with Crippen LogP contribution in [-0.4, -0.2) is 38.3 Å². The van der Waals surface area contributed by atoms with Gasteiger partial charge in [-0.2, -0.15) is 4.31 Å². The van der Waals surface area contributed by atoms with Crippen LogP contribution >= 0.6 is 0 Å². The summed E-state index contributed by atoms with van der Waals surface area (Å²) in [6.45, 7) is 4.58. The normalized spacial score (nSPS) is 17.7. The Labute approximate surface area is 170 Å². The Kier molecular flexibility index (Phi) is 6.54. The largest absolute Gasteiger partial charge is 0.494 e. The van der Waals surface area contributed by atoms with Gasteiger partial charge in [-0.05, 0) is 68.7 Å². The first-order chi connectivity index (χ1) is 13.8. The highest BCUT2D eigenvalue weighted by Crippen LogP contribution is 2.26. The zero-order valence-electron chi connectivity index (χ0n) is 16.5. The van der Waals surface area contributed by atoms with Crippen LogP contribution in [0.4, 0.5) is 10.1 Å². The minimum Gasteiger partial charge on any atom is -0.494 e. The molecule has 1 unspecified atom stereocenters. The van der Waals surface area contributed by atoms with Crippen molar-refractivity contribution in [1.82, 2.24) is 4.31 Å². The van der Waals surface area contributed by atoms with E-state index in [1.807, 2.05) is 6.92 Å². The molecule has 6 nitrogen and oxygen atoms in total.